The lowest BCUT2D eigenvalue weighted by atomic mass is 9.98. The highest BCUT2D eigenvalue weighted by Crippen LogP contribution is 2.28. The fraction of sp³-hybridized carbons (Fsp3) is 0.200. The molecule has 3 aromatic carbocycles. The Hall–Kier alpha value is -2.25. The molecule has 0 aliphatic carbocycles. The van der Waals surface area contributed by atoms with Crippen LogP contribution in [0.5, 0.6) is 0 Å². The van der Waals surface area contributed by atoms with Gasteiger partial charge in [0.2, 0.25) is 0 Å². The summed E-state index contributed by atoms with van der Waals surface area (Å²) in [5.41, 5.74) is 6.55. The van der Waals surface area contributed by atoms with Crippen LogP contribution in [-0.2, 0) is 0 Å². The van der Waals surface area contributed by atoms with E-state index >= 15 is 0 Å². The Bertz CT molecular complexity index is 840. The Morgan fingerprint density at radius 1 is 0.692 bits per heavy atom. The van der Waals surface area contributed by atoms with Gasteiger partial charge in [0, 0.05) is 16.6 Å². The van der Waals surface area contributed by atoms with Crippen LogP contribution in [0.2, 0.25) is 0 Å². The Labute approximate surface area is 162 Å². The van der Waals surface area contributed by atoms with Crippen molar-refractivity contribution in [1.29, 1.82) is 0 Å². The summed E-state index contributed by atoms with van der Waals surface area (Å²) in [6.45, 7) is 6.40. The number of aryl methyl sites for hydroxylation is 3. The number of benzene rings is 3. The second-order valence-electron chi connectivity index (χ2n) is 6.91. The van der Waals surface area contributed by atoms with E-state index in [1.807, 2.05) is 11.8 Å². The highest BCUT2D eigenvalue weighted by atomic mass is 32.2. The van der Waals surface area contributed by atoms with Crippen LogP contribution in [0.3, 0.4) is 0 Å². The highest BCUT2D eigenvalue weighted by molar-refractivity contribution is 7.99. The predicted octanol–water partition coefficient (Wildman–Crippen LogP) is 7.20. The molecule has 0 radical (unpaired) electrons. The van der Waals surface area contributed by atoms with Crippen LogP contribution >= 0.6 is 11.8 Å². The monoisotopic (exact) mass is 358 g/mol. The van der Waals surface area contributed by atoms with Crippen molar-refractivity contribution in [3.05, 3.63) is 107 Å². The van der Waals surface area contributed by atoms with Gasteiger partial charge in [0.1, 0.15) is 0 Å². The molecule has 1 atom stereocenters. The van der Waals surface area contributed by atoms with E-state index in [0.29, 0.717) is 5.92 Å². The van der Waals surface area contributed by atoms with Gasteiger partial charge < -0.3 is 0 Å². The minimum atomic E-state index is 0.392. The van der Waals surface area contributed by atoms with Crippen molar-refractivity contribution < 1.29 is 0 Å². The maximum atomic E-state index is 2.34. The van der Waals surface area contributed by atoms with E-state index < -0.39 is 0 Å². The topological polar surface area (TPSA) is 0 Å². The van der Waals surface area contributed by atoms with E-state index in [4.69, 9.17) is 0 Å². The molecule has 1 heteroatoms. The van der Waals surface area contributed by atoms with Gasteiger partial charge in [0.15, 0.2) is 0 Å². The van der Waals surface area contributed by atoms with Gasteiger partial charge in [-0.3, -0.25) is 0 Å². The molecular formula is C25H26S. The zero-order valence-electron chi connectivity index (χ0n) is 15.8. The molecule has 0 nitrogen and oxygen atoms in total. The van der Waals surface area contributed by atoms with Crippen LogP contribution < -0.4 is 0 Å². The summed E-state index contributed by atoms with van der Waals surface area (Å²) in [4.78, 5) is 1.33. The van der Waals surface area contributed by atoms with E-state index in [1.54, 1.807) is 0 Å². The summed E-state index contributed by atoms with van der Waals surface area (Å²) in [5, 5.41) is 0. The van der Waals surface area contributed by atoms with Gasteiger partial charge in [-0.15, -0.1) is 11.8 Å². The fourth-order valence-electron chi connectivity index (χ4n) is 2.80. The first-order valence-corrected chi connectivity index (χ1v) is 10.1. The Morgan fingerprint density at radius 3 is 1.77 bits per heavy atom. The molecule has 0 fully saturated rings. The number of allylic oxidation sites excluding steroid dienone is 1. The molecule has 3 aromatic rings. The van der Waals surface area contributed by atoms with Crippen molar-refractivity contribution in [2.75, 3.05) is 5.75 Å². The minimum absolute atomic E-state index is 0.392. The van der Waals surface area contributed by atoms with Crippen molar-refractivity contribution in [2.24, 2.45) is 0 Å². The standard InChI is InChI=1S/C25H26S/c1-19-4-10-22(11-5-19)12-15-24(23-13-6-20(2)7-14-23)18-26-25-16-8-21(3)9-17-25/h4-17,24H,18H2,1-3H3/b15-12+. The van der Waals surface area contributed by atoms with Crippen LogP contribution in [0.4, 0.5) is 0 Å². The summed E-state index contributed by atoms with van der Waals surface area (Å²) in [5.74, 6) is 1.43. The van der Waals surface area contributed by atoms with Gasteiger partial charge >= 0.3 is 0 Å². The summed E-state index contributed by atoms with van der Waals surface area (Å²) >= 11 is 1.92. The molecule has 3 rings (SSSR count). The third kappa shape index (κ3) is 5.37. The van der Waals surface area contributed by atoms with E-state index in [2.05, 4.69) is 106 Å². The molecule has 1 unspecified atom stereocenters. The van der Waals surface area contributed by atoms with E-state index in [1.165, 1.54) is 32.7 Å². The summed E-state index contributed by atoms with van der Waals surface area (Å²) in [7, 11) is 0. The van der Waals surface area contributed by atoms with Gasteiger partial charge in [0.05, 0.1) is 0 Å². The minimum Gasteiger partial charge on any atom is -0.125 e. The largest absolute Gasteiger partial charge is 0.125 e. The molecule has 0 spiro atoms. The normalized spacial score (nSPS) is 12.4. The molecule has 0 heterocycles. The van der Waals surface area contributed by atoms with Gasteiger partial charge in [-0.2, -0.15) is 0 Å². The number of rotatable bonds is 6. The van der Waals surface area contributed by atoms with Crippen molar-refractivity contribution >= 4 is 17.8 Å². The van der Waals surface area contributed by atoms with Crippen molar-refractivity contribution in [3.63, 3.8) is 0 Å². The lowest BCUT2D eigenvalue weighted by Gasteiger charge is -2.14. The van der Waals surface area contributed by atoms with Crippen molar-refractivity contribution in [2.45, 2.75) is 31.6 Å². The SMILES string of the molecule is Cc1ccc(/C=C/C(CSc2ccc(C)cc2)c2ccc(C)cc2)cc1. The average Bonchev–Trinajstić information content (AvgIpc) is 2.65. The van der Waals surface area contributed by atoms with Crippen molar-refractivity contribution in [3.8, 4) is 0 Å². The molecule has 0 aliphatic heterocycles. The Balaban J connectivity index is 1.77. The zero-order chi connectivity index (χ0) is 18.4. The van der Waals surface area contributed by atoms with Gasteiger partial charge in [-0.1, -0.05) is 89.5 Å². The second-order valence-corrected chi connectivity index (χ2v) is 8.00. The summed E-state index contributed by atoms with van der Waals surface area (Å²) < 4.78 is 0. The number of thioether (sulfide) groups is 1. The van der Waals surface area contributed by atoms with Crippen LogP contribution in [0.1, 0.15) is 33.7 Å². The van der Waals surface area contributed by atoms with Crippen LogP contribution in [0, 0.1) is 20.8 Å². The molecule has 0 amide bonds. The molecule has 132 valence electrons. The first-order valence-electron chi connectivity index (χ1n) is 9.11. The quantitative estimate of drug-likeness (QED) is 0.420. The third-order valence-corrected chi connectivity index (χ3v) is 5.69. The van der Waals surface area contributed by atoms with E-state index in [9.17, 15) is 0 Å². The summed E-state index contributed by atoms with van der Waals surface area (Å²) in [6, 6.07) is 26.4. The zero-order valence-corrected chi connectivity index (χ0v) is 16.6. The molecule has 0 bridgehead atoms. The van der Waals surface area contributed by atoms with E-state index in [0.717, 1.165) is 5.75 Å². The lowest BCUT2D eigenvalue weighted by Crippen LogP contribution is -1.99. The molecule has 0 saturated heterocycles. The molecule has 0 aliphatic rings. The Morgan fingerprint density at radius 2 is 1.19 bits per heavy atom. The van der Waals surface area contributed by atoms with Gasteiger partial charge in [-0.05, 0) is 44.0 Å². The second kappa shape index (κ2) is 8.91. The fourth-order valence-corrected chi connectivity index (χ4v) is 3.81. The van der Waals surface area contributed by atoms with Crippen molar-refractivity contribution in [1.82, 2.24) is 0 Å². The maximum absolute atomic E-state index is 2.34. The molecule has 0 saturated carbocycles. The number of hydrogen-bond donors (Lipinski definition) is 0. The lowest BCUT2D eigenvalue weighted by molar-refractivity contribution is 0.986. The van der Waals surface area contributed by atoms with Gasteiger partial charge in [0.25, 0.3) is 0 Å². The predicted molar refractivity (Wildman–Crippen MR) is 116 cm³/mol. The molecule has 26 heavy (non-hydrogen) atoms. The van der Waals surface area contributed by atoms with E-state index in [-0.39, 0.29) is 0 Å². The number of hydrogen-bond acceptors (Lipinski definition) is 1. The molecule has 0 N–H and O–H groups in total. The van der Waals surface area contributed by atoms with Crippen LogP contribution in [0.15, 0.2) is 83.8 Å². The Kier molecular flexibility index (Phi) is 6.35. The molecule has 0 aromatic heterocycles. The van der Waals surface area contributed by atoms with Crippen LogP contribution in [-0.4, -0.2) is 5.75 Å². The summed E-state index contributed by atoms with van der Waals surface area (Å²) in [6.07, 6.45) is 4.59. The highest BCUT2D eigenvalue weighted by Gasteiger charge is 2.09. The third-order valence-electron chi connectivity index (χ3n) is 4.55. The average molecular weight is 359 g/mol. The first-order chi connectivity index (χ1) is 12.6. The van der Waals surface area contributed by atoms with Gasteiger partial charge in [-0.25, -0.2) is 0 Å². The smallest absolute Gasteiger partial charge is 0.0115 e. The first kappa shape index (κ1) is 18.5. The maximum Gasteiger partial charge on any atom is 0.0115 e. The molecular weight excluding hydrogens is 332 g/mol. The van der Waals surface area contributed by atoms with Crippen LogP contribution in [0.25, 0.3) is 6.08 Å².